The van der Waals surface area contributed by atoms with E-state index in [2.05, 4.69) is 49.0 Å². The van der Waals surface area contributed by atoms with E-state index in [-0.39, 0.29) is 25.2 Å². The van der Waals surface area contributed by atoms with Gasteiger partial charge in [-0.15, -0.1) is 0 Å². The largest absolute Gasteiger partial charge is 0.454 e. The Bertz CT molecular complexity index is 3010. The number of aliphatic hydroxyl groups is 3. The van der Waals surface area contributed by atoms with Gasteiger partial charge in [0.1, 0.15) is 5.78 Å². The molecule has 2 aliphatic heterocycles. The zero-order valence-corrected chi connectivity index (χ0v) is 35.7. The van der Waals surface area contributed by atoms with E-state index in [1.807, 2.05) is 85.0 Å². The minimum atomic E-state index is -1.75. The lowest BCUT2D eigenvalue weighted by Gasteiger charge is -2.26. The molecule has 62 heavy (non-hydrogen) atoms. The van der Waals surface area contributed by atoms with Gasteiger partial charge in [0.15, 0.2) is 40.7 Å². The highest BCUT2D eigenvalue weighted by atomic mass is 16.7. The molecule has 318 valence electrons. The maximum atomic E-state index is 12.6. The number of Topliss-reactive ketones (excluding diaryl/α,β-unsaturated/α-hetero) is 2. The topological polar surface area (TPSA) is 147 Å². The van der Waals surface area contributed by atoms with Gasteiger partial charge in [-0.25, -0.2) is 0 Å². The van der Waals surface area contributed by atoms with Crippen molar-refractivity contribution in [1.29, 1.82) is 0 Å². The Morgan fingerprint density at radius 2 is 1.19 bits per heavy atom. The number of aryl methyl sites for hydroxylation is 5. The Kier molecular flexibility index (Phi) is 11.2. The third kappa shape index (κ3) is 7.68. The lowest BCUT2D eigenvalue weighted by Crippen LogP contribution is -2.35. The molecular formula is C50H49N3O9. The Labute approximate surface area is 358 Å². The second-order valence-electron chi connectivity index (χ2n) is 16.0. The van der Waals surface area contributed by atoms with Crippen molar-refractivity contribution in [3.05, 3.63) is 155 Å². The molecule has 0 radical (unpaired) electrons. The third-order valence-corrected chi connectivity index (χ3v) is 11.7. The molecular weight excluding hydrogens is 787 g/mol. The number of carbonyl (C=O) groups excluding carboxylic acids is 2. The number of aliphatic hydroxyl groups excluding tert-OH is 1. The summed E-state index contributed by atoms with van der Waals surface area (Å²) in [5, 5.41) is 33.4. The molecule has 2 aliphatic rings. The summed E-state index contributed by atoms with van der Waals surface area (Å²) in [6.45, 7) is 7.43. The molecule has 0 spiro atoms. The van der Waals surface area contributed by atoms with Crippen LogP contribution in [0.1, 0.15) is 65.0 Å². The highest BCUT2D eigenvalue weighted by molar-refractivity contribution is 5.97. The summed E-state index contributed by atoms with van der Waals surface area (Å²) in [6.07, 6.45) is 4.28. The van der Waals surface area contributed by atoms with Crippen LogP contribution in [0.2, 0.25) is 0 Å². The minimum absolute atomic E-state index is 0.0163. The van der Waals surface area contributed by atoms with Crippen LogP contribution in [0.3, 0.4) is 0 Å². The summed E-state index contributed by atoms with van der Waals surface area (Å²) in [4.78, 5) is 25.1. The quantitative estimate of drug-likeness (QED) is 0.136. The predicted octanol–water partition coefficient (Wildman–Crippen LogP) is 8.14. The van der Waals surface area contributed by atoms with Crippen LogP contribution in [0.25, 0.3) is 32.7 Å². The molecule has 12 nitrogen and oxygen atoms in total. The van der Waals surface area contributed by atoms with E-state index in [0.29, 0.717) is 39.7 Å². The van der Waals surface area contributed by atoms with Crippen molar-refractivity contribution >= 4 is 44.3 Å². The average molecular weight is 836 g/mol. The number of fused-ring (bicyclic) bond motifs is 5. The highest BCUT2D eigenvalue weighted by Gasteiger charge is 2.40. The first kappa shape index (κ1) is 41.9. The Morgan fingerprint density at radius 1 is 0.613 bits per heavy atom. The second kappa shape index (κ2) is 16.5. The fourth-order valence-corrected chi connectivity index (χ4v) is 8.37. The standard InChI is InChI=1S/C20H19NO5.C20H19NO4.C10H11N/c1-11(22)19(12-4-6-17-18(8-12)26-10-25-17)15-9-21(2)16-7-13(20(23)24)3-5-14(15)16;1-12-4-6-15-16(10-21(3)17(15)8-12)20(23,13(2)22)14-5-7-18-19(9-14)25-11-24-18;1-8-3-4-9-5-6-11(2)10(9)7-8/h3-9,19-20,23-24H,10H2,1-2H3;4-10,23H,11H2,1-3H3;3-7H,1-2H3. The number of nitrogens with zero attached hydrogens (tertiary/aromatic N) is 3. The van der Waals surface area contributed by atoms with E-state index in [0.717, 1.165) is 38.5 Å². The molecule has 0 aliphatic carbocycles. The smallest absolute Gasteiger partial charge is 0.231 e. The fourth-order valence-electron chi connectivity index (χ4n) is 8.37. The molecule has 2 atom stereocenters. The first-order valence-corrected chi connectivity index (χ1v) is 20.2. The van der Waals surface area contributed by atoms with Crippen LogP contribution in [-0.2, 0) is 36.3 Å². The maximum absolute atomic E-state index is 12.6. The van der Waals surface area contributed by atoms with Gasteiger partial charge in [0, 0.05) is 78.2 Å². The van der Waals surface area contributed by atoms with Crippen molar-refractivity contribution in [3.63, 3.8) is 0 Å². The van der Waals surface area contributed by atoms with Gasteiger partial charge in [-0.2, -0.15) is 0 Å². The molecule has 3 aromatic heterocycles. The number of aromatic nitrogens is 3. The van der Waals surface area contributed by atoms with Crippen LogP contribution in [0, 0.1) is 13.8 Å². The number of hydrogen-bond donors (Lipinski definition) is 3. The molecule has 3 N–H and O–H groups in total. The maximum Gasteiger partial charge on any atom is 0.231 e. The van der Waals surface area contributed by atoms with Crippen molar-refractivity contribution in [2.45, 2.75) is 45.5 Å². The normalized spacial score (nSPS) is 14.0. The molecule has 0 amide bonds. The van der Waals surface area contributed by atoms with E-state index in [9.17, 15) is 24.9 Å². The van der Waals surface area contributed by atoms with Gasteiger partial charge in [-0.05, 0) is 109 Å². The highest BCUT2D eigenvalue weighted by Crippen LogP contribution is 2.42. The molecule has 0 saturated carbocycles. The van der Waals surface area contributed by atoms with Crippen molar-refractivity contribution in [2.24, 2.45) is 21.1 Å². The lowest BCUT2D eigenvalue weighted by molar-refractivity contribution is -0.131. The second-order valence-corrected chi connectivity index (χ2v) is 16.0. The summed E-state index contributed by atoms with van der Waals surface area (Å²) < 4.78 is 27.5. The first-order chi connectivity index (χ1) is 29.6. The van der Waals surface area contributed by atoms with Crippen molar-refractivity contribution in [3.8, 4) is 23.0 Å². The van der Waals surface area contributed by atoms with E-state index >= 15 is 0 Å². The zero-order valence-electron chi connectivity index (χ0n) is 35.7. The lowest BCUT2D eigenvalue weighted by atomic mass is 9.83. The number of ether oxygens (including phenoxy) is 4. The number of hydrogen-bond acceptors (Lipinski definition) is 9. The van der Waals surface area contributed by atoms with Crippen molar-refractivity contribution in [1.82, 2.24) is 13.7 Å². The van der Waals surface area contributed by atoms with Gasteiger partial charge in [0.25, 0.3) is 0 Å². The first-order valence-electron chi connectivity index (χ1n) is 20.2. The molecule has 10 rings (SSSR count). The molecule has 0 fully saturated rings. The summed E-state index contributed by atoms with van der Waals surface area (Å²) >= 11 is 0. The minimum Gasteiger partial charge on any atom is -0.454 e. The van der Waals surface area contributed by atoms with Crippen LogP contribution in [-0.4, -0.2) is 54.2 Å². The van der Waals surface area contributed by atoms with Gasteiger partial charge in [0.05, 0.1) is 5.92 Å². The van der Waals surface area contributed by atoms with Crippen LogP contribution < -0.4 is 18.9 Å². The number of rotatable bonds is 7. The summed E-state index contributed by atoms with van der Waals surface area (Å²) in [5.74, 6) is 1.69. The van der Waals surface area contributed by atoms with Gasteiger partial charge in [-0.1, -0.05) is 48.5 Å². The predicted molar refractivity (Wildman–Crippen MR) is 237 cm³/mol. The molecule has 5 aromatic carbocycles. The van der Waals surface area contributed by atoms with Crippen molar-refractivity contribution in [2.75, 3.05) is 13.6 Å². The fraction of sp³-hybridized carbons (Fsp3) is 0.240. The van der Waals surface area contributed by atoms with Gasteiger partial charge < -0.3 is 48.0 Å². The van der Waals surface area contributed by atoms with Crippen LogP contribution in [0.15, 0.2) is 116 Å². The average Bonchev–Trinajstić information content (AvgIpc) is 4.10. The molecule has 0 bridgehead atoms. The van der Waals surface area contributed by atoms with Gasteiger partial charge >= 0.3 is 0 Å². The van der Waals surface area contributed by atoms with E-state index in [4.69, 9.17) is 18.9 Å². The summed E-state index contributed by atoms with van der Waals surface area (Å²) in [6, 6.07) is 30.5. The Balaban J connectivity index is 0.000000138. The van der Waals surface area contributed by atoms with Crippen LogP contribution >= 0.6 is 0 Å². The van der Waals surface area contributed by atoms with E-state index < -0.39 is 17.8 Å². The Hall–Kier alpha value is -6.86. The molecule has 8 aromatic rings. The number of carbonyl (C=O) groups is 2. The van der Waals surface area contributed by atoms with E-state index in [1.54, 1.807) is 37.3 Å². The zero-order chi connectivity index (χ0) is 44.0. The Morgan fingerprint density at radius 3 is 1.87 bits per heavy atom. The van der Waals surface area contributed by atoms with Gasteiger partial charge in [0.2, 0.25) is 13.6 Å². The third-order valence-electron chi connectivity index (χ3n) is 11.7. The SMILES string of the molecule is CC(=O)C(O)(c1ccc2c(c1)OCO2)c1cn(C)c2cc(C)ccc12.CC(=O)C(c1ccc2c(c1)OCO2)c1cn(C)c2cc(C(O)O)ccc12.Cc1ccc2ccn(C)c2c1. The van der Waals surface area contributed by atoms with Crippen LogP contribution in [0.5, 0.6) is 23.0 Å². The van der Waals surface area contributed by atoms with E-state index in [1.165, 1.54) is 23.4 Å². The summed E-state index contributed by atoms with van der Waals surface area (Å²) in [7, 11) is 5.85. The van der Waals surface area contributed by atoms with Crippen LogP contribution in [0.4, 0.5) is 0 Å². The number of ketones is 2. The molecule has 2 unspecified atom stereocenters. The van der Waals surface area contributed by atoms with Gasteiger partial charge in [-0.3, -0.25) is 9.59 Å². The monoisotopic (exact) mass is 835 g/mol. The summed E-state index contributed by atoms with van der Waals surface area (Å²) in [5.41, 5.74) is 6.94. The molecule has 5 heterocycles. The van der Waals surface area contributed by atoms with Crippen molar-refractivity contribution < 1.29 is 43.9 Å². The number of benzene rings is 5. The molecule has 0 saturated heterocycles. The molecule has 12 heteroatoms.